The minimum Gasteiger partial charge on any atom is -0.369 e. The Balaban J connectivity index is 1.38. The first-order valence-corrected chi connectivity index (χ1v) is 9.11. The van der Waals surface area contributed by atoms with E-state index in [4.69, 9.17) is 9.26 Å². The van der Waals surface area contributed by atoms with Crippen LogP contribution in [-0.4, -0.2) is 60.5 Å². The molecule has 0 radical (unpaired) electrons. The number of nitrogens with zero attached hydrogens (tertiary/aromatic N) is 4. The van der Waals surface area contributed by atoms with Gasteiger partial charge in [-0.05, 0) is 26.9 Å². The fourth-order valence-electron chi connectivity index (χ4n) is 5.05. The van der Waals surface area contributed by atoms with Crippen LogP contribution in [-0.2, 0) is 4.74 Å². The summed E-state index contributed by atoms with van der Waals surface area (Å²) in [6, 6.07) is 10.6. The zero-order valence-corrected chi connectivity index (χ0v) is 14.8. The second kappa shape index (κ2) is 5.54. The summed E-state index contributed by atoms with van der Waals surface area (Å²) in [4.78, 5) is 9.15. The van der Waals surface area contributed by atoms with E-state index in [9.17, 15) is 0 Å². The molecule has 132 valence electrons. The largest absolute Gasteiger partial charge is 0.369 e. The highest BCUT2D eigenvalue weighted by molar-refractivity contribution is 5.55. The SMILES string of the molecule is CN(C)C[C@H]1[C@H]2CN(c3nc(-c4ccccc4)no3)C[C@]23CC[C@H]1O3. The molecule has 3 fully saturated rings. The van der Waals surface area contributed by atoms with Crippen LogP contribution < -0.4 is 4.90 Å². The molecule has 1 spiro atoms. The van der Waals surface area contributed by atoms with Crippen molar-refractivity contribution < 1.29 is 9.26 Å². The lowest BCUT2D eigenvalue weighted by Crippen LogP contribution is -2.40. The van der Waals surface area contributed by atoms with Gasteiger partial charge in [-0.1, -0.05) is 35.5 Å². The molecule has 2 bridgehead atoms. The summed E-state index contributed by atoms with van der Waals surface area (Å²) in [7, 11) is 4.30. The van der Waals surface area contributed by atoms with E-state index in [0.717, 1.165) is 31.6 Å². The Morgan fingerprint density at radius 2 is 2.12 bits per heavy atom. The second-order valence-electron chi connectivity index (χ2n) is 7.94. The molecule has 0 amide bonds. The standard InChI is InChI=1S/C19H24N4O2/c1-22(2)10-14-15-11-23(12-19(15)9-8-16(14)24-19)18-20-17(21-25-18)13-6-4-3-5-7-13/h3-7,14-16H,8-12H2,1-2H3/t14-,15+,16+,19+/m0/s1. The maximum atomic E-state index is 6.48. The van der Waals surface area contributed by atoms with Crippen LogP contribution in [0, 0.1) is 11.8 Å². The van der Waals surface area contributed by atoms with E-state index < -0.39 is 0 Å². The van der Waals surface area contributed by atoms with Gasteiger partial charge in [0.05, 0.1) is 18.2 Å². The number of aromatic nitrogens is 2. The average Bonchev–Trinajstić information content (AvgIpc) is 3.35. The Morgan fingerprint density at radius 3 is 2.92 bits per heavy atom. The number of fused-ring (bicyclic) bond motifs is 1. The number of hydrogen-bond acceptors (Lipinski definition) is 6. The maximum Gasteiger partial charge on any atom is 0.324 e. The van der Waals surface area contributed by atoms with E-state index in [2.05, 4.69) is 34.0 Å². The third kappa shape index (κ3) is 2.39. The highest BCUT2D eigenvalue weighted by atomic mass is 16.5. The van der Waals surface area contributed by atoms with Crippen molar-refractivity contribution in [3.8, 4) is 11.4 Å². The maximum absolute atomic E-state index is 6.48. The quantitative estimate of drug-likeness (QED) is 0.851. The van der Waals surface area contributed by atoms with E-state index in [-0.39, 0.29) is 5.60 Å². The summed E-state index contributed by atoms with van der Waals surface area (Å²) in [5.41, 5.74) is 0.977. The van der Waals surface area contributed by atoms with Crippen LogP contribution in [0.15, 0.2) is 34.9 Å². The summed E-state index contributed by atoms with van der Waals surface area (Å²) in [5, 5.41) is 4.17. The molecule has 6 nitrogen and oxygen atoms in total. The van der Waals surface area contributed by atoms with Crippen molar-refractivity contribution in [3.63, 3.8) is 0 Å². The zero-order valence-electron chi connectivity index (χ0n) is 14.8. The third-order valence-electron chi connectivity index (χ3n) is 6.08. The summed E-state index contributed by atoms with van der Waals surface area (Å²) in [5.74, 6) is 1.81. The Morgan fingerprint density at radius 1 is 1.28 bits per heavy atom. The van der Waals surface area contributed by atoms with Gasteiger partial charge in [0.25, 0.3) is 0 Å². The minimum atomic E-state index is -0.00722. The van der Waals surface area contributed by atoms with E-state index in [0.29, 0.717) is 29.8 Å². The van der Waals surface area contributed by atoms with Crippen molar-refractivity contribution >= 4 is 6.01 Å². The average molecular weight is 340 g/mol. The molecular weight excluding hydrogens is 316 g/mol. The molecule has 0 saturated carbocycles. The zero-order chi connectivity index (χ0) is 17.0. The van der Waals surface area contributed by atoms with Crippen LogP contribution in [0.2, 0.25) is 0 Å². The Kier molecular flexibility index (Phi) is 3.40. The lowest BCUT2D eigenvalue weighted by molar-refractivity contribution is 0.0134. The van der Waals surface area contributed by atoms with Gasteiger partial charge in [-0.3, -0.25) is 0 Å². The van der Waals surface area contributed by atoms with Crippen molar-refractivity contribution in [3.05, 3.63) is 30.3 Å². The summed E-state index contributed by atoms with van der Waals surface area (Å²) in [6.45, 7) is 2.91. The van der Waals surface area contributed by atoms with Crippen LogP contribution in [0.3, 0.4) is 0 Å². The van der Waals surface area contributed by atoms with Gasteiger partial charge in [0.1, 0.15) is 0 Å². The molecular formula is C19H24N4O2. The predicted octanol–water partition coefficient (Wildman–Crippen LogP) is 2.28. The van der Waals surface area contributed by atoms with E-state index in [1.165, 1.54) is 6.42 Å². The number of benzene rings is 1. The summed E-state index contributed by atoms with van der Waals surface area (Å²) in [6.07, 6.45) is 2.77. The van der Waals surface area contributed by atoms with Gasteiger partial charge in [-0.2, -0.15) is 4.98 Å². The Hall–Kier alpha value is -1.92. The van der Waals surface area contributed by atoms with E-state index in [1.54, 1.807) is 0 Å². The molecule has 25 heavy (non-hydrogen) atoms. The fraction of sp³-hybridized carbons (Fsp3) is 0.579. The molecule has 2 aromatic rings. The molecule has 3 aliphatic heterocycles. The van der Waals surface area contributed by atoms with Gasteiger partial charge in [-0.15, -0.1) is 0 Å². The molecule has 5 rings (SSSR count). The van der Waals surface area contributed by atoms with Crippen LogP contribution >= 0.6 is 0 Å². The second-order valence-corrected chi connectivity index (χ2v) is 7.94. The molecule has 0 aliphatic carbocycles. The smallest absolute Gasteiger partial charge is 0.324 e. The first-order chi connectivity index (χ1) is 12.1. The van der Waals surface area contributed by atoms with Gasteiger partial charge in [0.2, 0.25) is 5.82 Å². The van der Waals surface area contributed by atoms with Gasteiger partial charge in [-0.25, -0.2) is 0 Å². The Bertz CT molecular complexity index is 762. The van der Waals surface area contributed by atoms with Gasteiger partial charge < -0.3 is 19.1 Å². The van der Waals surface area contributed by atoms with Gasteiger partial charge in [0, 0.05) is 30.5 Å². The van der Waals surface area contributed by atoms with Crippen LogP contribution in [0.4, 0.5) is 6.01 Å². The lowest BCUT2D eigenvalue weighted by atomic mass is 9.73. The molecule has 3 saturated heterocycles. The molecule has 0 unspecified atom stereocenters. The highest BCUT2D eigenvalue weighted by Gasteiger charge is 2.63. The monoisotopic (exact) mass is 340 g/mol. The van der Waals surface area contributed by atoms with Crippen molar-refractivity contribution in [2.75, 3.05) is 38.6 Å². The van der Waals surface area contributed by atoms with E-state index >= 15 is 0 Å². The minimum absolute atomic E-state index is 0.00722. The lowest BCUT2D eigenvalue weighted by Gasteiger charge is -2.30. The third-order valence-corrected chi connectivity index (χ3v) is 6.08. The normalized spacial score (nSPS) is 33.4. The molecule has 4 atom stereocenters. The molecule has 1 aromatic carbocycles. The number of ether oxygens (including phenoxy) is 1. The van der Waals surface area contributed by atoms with Crippen molar-refractivity contribution in [2.45, 2.75) is 24.5 Å². The van der Waals surface area contributed by atoms with Crippen molar-refractivity contribution in [2.24, 2.45) is 11.8 Å². The van der Waals surface area contributed by atoms with Crippen molar-refractivity contribution in [1.29, 1.82) is 0 Å². The Labute approximate surface area is 147 Å². The first kappa shape index (κ1) is 15.3. The van der Waals surface area contributed by atoms with Crippen molar-refractivity contribution in [1.82, 2.24) is 15.0 Å². The fourth-order valence-corrected chi connectivity index (χ4v) is 5.05. The molecule has 3 aliphatic rings. The number of anilines is 1. The summed E-state index contributed by atoms with van der Waals surface area (Å²) >= 11 is 0. The van der Waals surface area contributed by atoms with Crippen LogP contribution in [0.25, 0.3) is 11.4 Å². The van der Waals surface area contributed by atoms with Gasteiger partial charge in [0.15, 0.2) is 0 Å². The molecule has 1 aromatic heterocycles. The number of rotatable bonds is 4. The molecule has 6 heteroatoms. The van der Waals surface area contributed by atoms with E-state index in [1.807, 2.05) is 30.3 Å². The first-order valence-electron chi connectivity index (χ1n) is 9.11. The van der Waals surface area contributed by atoms with Crippen LogP contribution in [0.5, 0.6) is 0 Å². The molecule has 4 heterocycles. The van der Waals surface area contributed by atoms with Crippen LogP contribution in [0.1, 0.15) is 12.8 Å². The highest BCUT2D eigenvalue weighted by Crippen LogP contribution is 2.55. The predicted molar refractivity (Wildman–Crippen MR) is 94.3 cm³/mol. The number of hydrogen-bond donors (Lipinski definition) is 0. The topological polar surface area (TPSA) is 54.6 Å². The van der Waals surface area contributed by atoms with Gasteiger partial charge >= 0.3 is 6.01 Å². The summed E-state index contributed by atoms with van der Waals surface area (Å²) < 4.78 is 12.1. The molecule has 0 N–H and O–H groups in total.